The SMILES string of the molecule is O=C(O)c1ccc(-n2ncc3c2COC3)cc1. The third-order valence-electron chi connectivity index (χ3n) is 2.81. The number of benzene rings is 1. The second kappa shape index (κ2) is 3.71. The van der Waals surface area contributed by atoms with Crippen LogP contribution in [0.5, 0.6) is 0 Å². The van der Waals surface area contributed by atoms with Gasteiger partial charge in [-0.3, -0.25) is 0 Å². The average molecular weight is 230 g/mol. The molecule has 17 heavy (non-hydrogen) atoms. The van der Waals surface area contributed by atoms with Crippen LogP contribution in [0, 0.1) is 0 Å². The standard InChI is InChI=1S/C12H10N2O3/c15-12(16)8-1-3-10(4-2-8)14-11-7-17-6-9(11)5-13-14/h1-5H,6-7H2,(H,15,16). The second-order valence-corrected chi connectivity index (χ2v) is 3.87. The van der Waals surface area contributed by atoms with Crippen LogP contribution in [-0.4, -0.2) is 20.9 Å². The highest BCUT2D eigenvalue weighted by Gasteiger charge is 2.18. The molecule has 0 unspecified atom stereocenters. The highest BCUT2D eigenvalue weighted by molar-refractivity contribution is 5.87. The summed E-state index contributed by atoms with van der Waals surface area (Å²) in [4.78, 5) is 10.7. The van der Waals surface area contributed by atoms with E-state index in [1.54, 1.807) is 35.1 Å². The van der Waals surface area contributed by atoms with E-state index < -0.39 is 5.97 Å². The van der Waals surface area contributed by atoms with Crippen molar-refractivity contribution >= 4 is 5.97 Å². The predicted molar refractivity (Wildman–Crippen MR) is 59.0 cm³/mol. The normalized spacial score (nSPS) is 13.6. The summed E-state index contributed by atoms with van der Waals surface area (Å²) >= 11 is 0. The van der Waals surface area contributed by atoms with Crippen LogP contribution in [-0.2, 0) is 18.0 Å². The molecular weight excluding hydrogens is 220 g/mol. The Hall–Kier alpha value is -2.14. The summed E-state index contributed by atoms with van der Waals surface area (Å²) < 4.78 is 7.11. The van der Waals surface area contributed by atoms with Crippen molar-refractivity contribution in [1.82, 2.24) is 9.78 Å². The zero-order valence-electron chi connectivity index (χ0n) is 8.96. The van der Waals surface area contributed by atoms with Crippen LogP contribution in [0.25, 0.3) is 5.69 Å². The number of carboxylic acids is 1. The first kappa shape index (κ1) is 10.0. The minimum absolute atomic E-state index is 0.272. The fourth-order valence-corrected chi connectivity index (χ4v) is 1.91. The lowest BCUT2D eigenvalue weighted by atomic mass is 10.2. The van der Waals surface area contributed by atoms with Crippen molar-refractivity contribution in [2.45, 2.75) is 13.2 Å². The molecule has 3 rings (SSSR count). The number of aromatic carboxylic acids is 1. The first-order valence-electron chi connectivity index (χ1n) is 5.23. The molecular formula is C12H10N2O3. The van der Waals surface area contributed by atoms with Crippen LogP contribution >= 0.6 is 0 Å². The van der Waals surface area contributed by atoms with Crippen LogP contribution < -0.4 is 0 Å². The topological polar surface area (TPSA) is 64.3 Å². The number of rotatable bonds is 2. The highest BCUT2D eigenvalue weighted by atomic mass is 16.5. The van der Waals surface area contributed by atoms with E-state index in [9.17, 15) is 4.79 Å². The van der Waals surface area contributed by atoms with Crippen LogP contribution in [0.4, 0.5) is 0 Å². The summed E-state index contributed by atoms with van der Waals surface area (Å²) in [5.41, 5.74) is 3.25. The first-order valence-corrected chi connectivity index (χ1v) is 5.23. The van der Waals surface area contributed by atoms with Gasteiger partial charge in [0, 0.05) is 5.56 Å². The Balaban J connectivity index is 2.01. The fraction of sp³-hybridized carbons (Fsp3) is 0.167. The second-order valence-electron chi connectivity index (χ2n) is 3.87. The van der Waals surface area contributed by atoms with Gasteiger partial charge in [-0.25, -0.2) is 9.48 Å². The fourth-order valence-electron chi connectivity index (χ4n) is 1.91. The molecule has 1 aromatic carbocycles. The van der Waals surface area contributed by atoms with Crippen molar-refractivity contribution in [2.75, 3.05) is 0 Å². The smallest absolute Gasteiger partial charge is 0.335 e. The summed E-state index contributed by atoms with van der Waals surface area (Å²) in [6.45, 7) is 1.15. The minimum Gasteiger partial charge on any atom is -0.478 e. The molecule has 0 aliphatic carbocycles. The molecule has 2 heterocycles. The van der Waals surface area contributed by atoms with E-state index in [0.717, 1.165) is 16.9 Å². The lowest BCUT2D eigenvalue weighted by Crippen LogP contribution is -2.02. The Morgan fingerprint density at radius 1 is 1.29 bits per heavy atom. The van der Waals surface area contributed by atoms with Gasteiger partial charge in [0.2, 0.25) is 0 Å². The number of ether oxygens (including phenoxy) is 1. The van der Waals surface area contributed by atoms with Gasteiger partial charge in [0.1, 0.15) is 0 Å². The molecule has 86 valence electrons. The van der Waals surface area contributed by atoms with Gasteiger partial charge in [-0.2, -0.15) is 5.10 Å². The van der Waals surface area contributed by atoms with Crippen molar-refractivity contribution in [2.24, 2.45) is 0 Å². The van der Waals surface area contributed by atoms with Crippen LogP contribution in [0.15, 0.2) is 30.5 Å². The number of carboxylic acid groups (broad SMARTS) is 1. The van der Waals surface area contributed by atoms with E-state index in [1.807, 2.05) is 0 Å². The Labute approximate surface area is 97.3 Å². The third kappa shape index (κ3) is 1.60. The van der Waals surface area contributed by atoms with E-state index in [1.165, 1.54) is 0 Å². The summed E-state index contributed by atoms with van der Waals surface area (Å²) in [7, 11) is 0. The minimum atomic E-state index is -0.925. The first-order chi connectivity index (χ1) is 8.25. The Morgan fingerprint density at radius 2 is 2.06 bits per heavy atom. The molecule has 5 nitrogen and oxygen atoms in total. The van der Waals surface area contributed by atoms with Gasteiger partial charge in [-0.05, 0) is 24.3 Å². The van der Waals surface area contributed by atoms with Gasteiger partial charge in [-0.15, -0.1) is 0 Å². The maximum absolute atomic E-state index is 10.7. The molecule has 0 atom stereocenters. The zero-order chi connectivity index (χ0) is 11.8. The van der Waals surface area contributed by atoms with Gasteiger partial charge < -0.3 is 9.84 Å². The van der Waals surface area contributed by atoms with E-state index in [0.29, 0.717) is 13.2 Å². The largest absolute Gasteiger partial charge is 0.478 e. The summed E-state index contributed by atoms with van der Waals surface area (Å²) in [6, 6.07) is 6.63. The number of nitrogens with zero attached hydrogens (tertiary/aromatic N) is 2. The van der Waals surface area contributed by atoms with Crippen molar-refractivity contribution in [3.8, 4) is 5.69 Å². The number of hydrogen-bond donors (Lipinski definition) is 1. The Morgan fingerprint density at radius 3 is 2.76 bits per heavy atom. The maximum atomic E-state index is 10.7. The lowest BCUT2D eigenvalue weighted by molar-refractivity contribution is 0.0697. The monoisotopic (exact) mass is 230 g/mol. The summed E-state index contributed by atoms with van der Waals surface area (Å²) in [5.74, 6) is -0.925. The Bertz CT molecular complexity index is 572. The van der Waals surface area contributed by atoms with Crippen LogP contribution in [0.2, 0.25) is 0 Å². The summed E-state index contributed by atoms with van der Waals surface area (Å²) in [5, 5.41) is 13.1. The van der Waals surface area contributed by atoms with Crippen molar-refractivity contribution in [3.63, 3.8) is 0 Å². The van der Waals surface area contributed by atoms with Crippen molar-refractivity contribution < 1.29 is 14.6 Å². The molecule has 0 amide bonds. The van der Waals surface area contributed by atoms with Gasteiger partial charge in [0.05, 0.1) is 36.4 Å². The molecule has 0 spiro atoms. The number of fused-ring (bicyclic) bond motifs is 1. The van der Waals surface area contributed by atoms with Crippen LogP contribution in [0.1, 0.15) is 21.6 Å². The third-order valence-corrected chi connectivity index (χ3v) is 2.81. The summed E-state index contributed by atoms with van der Waals surface area (Å²) in [6.07, 6.45) is 1.79. The van der Waals surface area contributed by atoms with Gasteiger partial charge in [0.15, 0.2) is 0 Å². The molecule has 0 radical (unpaired) electrons. The van der Waals surface area contributed by atoms with E-state index in [2.05, 4.69) is 5.10 Å². The molecule has 0 saturated carbocycles. The van der Waals surface area contributed by atoms with E-state index >= 15 is 0 Å². The van der Waals surface area contributed by atoms with E-state index in [4.69, 9.17) is 9.84 Å². The van der Waals surface area contributed by atoms with Gasteiger partial charge in [-0.1, -0.05) is 0 Å². The Kier molecular flexibility index (Phi) is 2.19. The highest BCUT2D eigenvalue weighted by Crippen LogP contribution is 2.22. The zero-order valence-corrected chi connectivity index (χ0v) is 8.96. The number of aromatic nitrogens is 2. The number of carbonyl (C=O) groups is 1. The predicted octanol–water partition coefficient (Wildman–Crippen LogP) is 1.60. The molecule has 1 N–H and O–H groups in total. The van der Waals surface area contributed by atoms with E-state index in [-0.39, 0.29) is 5.56 Å². The van der Waals surface area contributed by atoms with Crippen LogP contribution in [0.3, 0.4) is 0 Å². The number of hydrogen-bond acceptors (Lipinski definition) is 3. The molecule has 2 aromatic rings. The quantitative estimate of drug-likeness (QED) is 0.851. The molecule has 1 aliphatic rings. The van der Waals surface area contributed by atoms with Crippen molar-refractivity contribution in [1.29, 1.82) is 0 Å². The molecule has 1 aromatic heterocycles. The average Bonchev–Trinajstić information content (AvgIpc) is 2.90. The van der Waals surface area contributed by atoms with Gasteiger partial charge >= 0.3 is 5.97 Å². The molecule has 0 fully saturated rings. The maximum Gasteiger partial charge on any atom is 0.335 e. The molecule has 0 saturated heterocycles. The molecule has 0 bridgehead atoms. The van der Waals surface area contributed by atoms with Crippen molar-refractivity contribution in [3.05, 3.63) is 47.3 Å². The molecule has 1 aliphatic heterocycles. The molecule has 5 heteroatoms. The lowest BCUT2D eigenvalue weighted by Gasteiger charge is -2.05. The van der Waals surface area contributed by atoms with Gasteiger partial charge in [0.25, 0.3) is 0 Å².